The van der Waals surface area contributed by atoms with Crippen LogP contribution in [0.2, 0.25) is 0 Å². The van der Waals surface area contributed by atoms with Crippen molar-refractivity contribution in [1.82, 2.24) is 9.78 Å². The van der Waals surface area contributed by atoms with E-state index in [1.165, 1.54) is 5.57 Å². The summed E-state index contributed by atoms with van der Waals surface area (Å²) in [6.45, 7) is 5.01. The van der Waals surface area contributed by atoms with Gasteiger partial charge >= 0.3 is 0 Å². The highest BCUT2D eigenvalue weighted by atomic mass is 16.1. The number of H-pyrrole nitrogens is 1. The van der Waals surface area contributed by atoms with Crippen LogP contribution in [0.25, 0.3) is 10.9 Å². The Labute approximate surface area is 117 Å². The van der Waals surface area contributed by atoms with Crippen LogP contribution in [0.3, 0.4) is 0 Å². The first kappa shape index (κ1) is 12.7. The predicted molar refractivity (Wildman–Crippen MR) is 82.7 cm³/mol. The first-order valence-electron chi connectivity index (χ1n) is 6.80. The molecule has 3 nitrogen and oxygen atoms in total. The van der Waals surface area contributed by atoms with Gasteiger partial charge in [0.25, 0.3) is 5.56 Å². The Bertz CT molecular complexity index is 785. The highest BCUT2D eigenvalue weighted by molar-refractivity contribution is 5.78. The van der Waals surface area contributed by atoms with Gasteiger partial charge in [0.15, 0.2) is 0 Å². The van der Waals surface area contributed by atoms with E-state index in [-0.39, 0.29) is 11.0 Å². The van der Waals surface area contributed by atoms with Gasteiger partial charge in [-0.05, 0) is 17.7 Å². The lowest BCUT2D eigenvalue weighted by Crippen LogP contribution is -2.07. The van der Waals surface area contributed by atoms with Gasteiger partial charge < -0.3 is 0 Å². The molecule has 0 fully saturated rings. The fourth-order valence-corrected chi connectivity index (χ4v) is 2.41. The minimum atomic E-state index is -0.0327. The van der Waals surface area contributed by atoms with Crippen LogP contribution in [0.4, 0.5) is 0 Å². The lowest BCUT2D eigenvalue weighted by Gasteiger charge is -2.12. The van der Waals surface area contributed by atoms with Gasteiger partial charge in [0.05, 0.1) is 17.4 Å². The van der Waals surface area contributed by atoms with Gasteiger partial charge in [-0.2, -0.15) is 0 Å². The molecule has 1 aromatic carbocycles. The third-order valence-corrected chi connectivity index (χ3v) is 3.58. The molecule has 0 spiro atoms. The van der Waals surface area contributed by atoms with E-state index >= 15 is 0 Å². The molecule has 0 saturated carbocycles. The minimum absolute atomic E-state index is 0.0327. The normalized spacial score (nSPS) is 17.2. The summed E-state index contributed by atoms with van der Waals surface area (Å²) in [5.74, 6) is 0. The number of fused-ring (bicyclic) bond motifs is 1. The summed E-state index contributed by atoms with van der Waals surface area (Å²) in [5.41, 5.74) is 2.16. The highest BCUT2D eigenvalue weighted by Crippen LogP contribution is 2.23. The van der Waals surface area contributed by atoms with Crippen molar-refractivity contribution < 1.29 is 0 Å². The van der Waals surface area contributed by atoms with Gasteiger partial charge in [-0.3, -0.25) is 14.6 Å². The molecule has 2 aromatic rings. The van der Waals surface area contributed by atoms with Gasteiger partial charge in [0.2, 0.25) is 0 Å². The number of rotatable bonds is 2. The summed E-state index contributed by atoms with van der Waals surface area (Å²) < 4.78 is 1.90. The van der Waals surface area contributed by atoms with Crippen LogP contribution in [-0.2, 0) is 6.54 Å². The van der Waals surface area contributed by atoms with Crippen molar-refractivity contribution in [3.05, 3.63) is 70.6 Å². The van der Waals surface area contributed by atoms with E-state index in [4.69, 9.17) is 0 Å². The summed E-state index contributed by atoms with van der Waals surface area (Å²) in [4.78, 5) is 11.9. The third-order valence-electron chi connectivity index (χ3n) is 3.58. The summed E-state index contributed by atoms with van der Waals surface area (Å²) in [6, 6.07) is 7.66. The predicted octanol–water partition coefficient (Wildman–Crippen LogP) is 3.41. The molecule has 0 radical (unpaired) electrons. The number of nitrogens with zero attached hydrogens (tertiary/aromatic N) is 1. The SMILES string of the molecule is CC1(C)C=CC=C(Cn2[nH]c(=O)c3ccccc32)C=C1. The molecular formula is C17H18N2O. The molecule has 0 aliphatic heterocycles. The summed E-state index contributed by atoms with van der Waals surface area (Å²) >= 11 is 0. The van der Waals surface area contributed by atoms with Gasteiger partial charge in [-0.15, -0.1) is 0 Å². The minimum Gasteiger partial charge on any atom is -0.280 e. The largest absolute Gasteiger partial charge is 0.280 e. The van der Waals surface area contributed by atoms with E-state index in [9.17, 15) is 4.79 Å². The molecule has 1 aromatic heterocycles. The Balaban J connectivity index is 1.97. The van der Waals surface area contributed by atoms with Crippen molar-refractivity contribution in [2.45, 2.75) is 20.4 Å². The monoisotopic (exact) mass is 266 g/mol. The average Bonchev–Trinajstić information content (AvgIpc) is 2.62. The van der Waals surface area contributed by atoms with Crippen LogP contribution in [0.15, 0.2) is 65.0 Å². The lowest BCUT2D eigenvalue weighted by atomic mass is 9.93. The quantitative estimate of drug-likeness (QED) is 0.888. The van der Waals surface area contributed by atoms with E-state index in [0.29, 0.717) is 6.54 Å². The second-order valence-corrected chi connectivity index (χ2v) is 5.80. The maximum absolute atomic E-state index is 11.9. The standard InChI is InChI=1S/C17H18N2O/c1-17(2)10-5-6-13(9-11-17)12-19-15-8-4-3-7-14(15)16(20)18-19/h3-11H,12H2,1-2H3,(H,18,20). The van der Waals surface area contributed by atoms with Gasteiger partial charge in [0.1, 0.15) is 0 Å². The molecule has 102 valence electrons. The second-order valence-electron chi connectivity index (χ2n) is 5.80. The summed E-state index contributed by atoms with van der Waals surface area (Å²) in [5, 5.41) is 3.64. The van der Waals surface area contributed by atoms with E-state index in [0.717, 1.165) is 10.9 Å². The molecule has 0 atom stereocenters. The molecule has 3 rings (SSSR count). The lowest BCUT2D eigenvalue weighted by molar-refractivity contribution is 0.625. The number of aromatic amines is 1. The molecule has 1 heterocycles. The van der Waals surface area contributed by atoms with Crippen molar-refractivity contribution >= 4 is 10.9 Å². The summed E-state index contributed by atoms with van der Waals surface area (Å²) in [6.07, 6.45) is 10.7. The van der Waals surface area contributed by atoms with Crippen molar-refractivity contribution in [1.29, 1.82) is 0 Å². The molecule has 0 saturated heterocycles. The Morgan fingerprint density at radius 1 is 1.20 bits per heavy atom. The van der Waals surface area contributed by atoms with Crippen LogP contribution in [0, 0.1) is 5.41 Å². The van der Waals surface area contributed by atoms with E-state index in [1.54, 1.807) is 0 Å². The van der Waals surface area contributed by atoms with Gasteiger partial charge in [-0.25, -0.2) is 0 Å². The molecule has 0 unspecified atom stereocenters. The van der Waals surface area contributed by atoms with E-state index in [1.807, 2.05) is 28.9 Å². The first-order chi connectivity index (χ1) is 9.55. The average molecular weight is 266 g/mol. The Morgan fingerprint density at radius 2 is 2.00 bits per heavy atom. The number of aromatic nitrogens is 2. The van der Waals surface area contributed by atoms with E-state index in [2.05, 4.69) is 49.3 Å². The molecule has 1 N–H and O–H groups in total. The van der Waals surface area contributed by atoms with Gasteiger partial charge in [0, 0.05) is 5.41 Å². The molecule has 3 heteroatoms. The molecule has 1 aliphatic rings. The zero-order valence-electron chi connectivity index (χ0n) is 11.8. The fourth-order valence-electron chi connectivity index (χ4n) is 2.41. The van der Waals surface area contributed by atoms with Crippen molar-refractivity contribution in [3.63, 3.8) is 0 Å². The smallest absolute Gasteiger partial charge is 0.271 e. The number of para-hydroxylation sites is 1. The Morgan fingerprint density at radius 3 is 2.85 bits per heavy atom. The Hall–Kier alpha value is -2.29. The molecule has 0 amide bonds. The first-order valence-corrected chi connectivity index (χ1v) is 6.80. The third kappa shape index (κ3) is 2.39. The summed E-state index contributed by atoms with van der Waals surface area (Å²) in [7, 11) is 0. The van der Waals surface area contributed by atoms with Crippen LogP contribution in [0.5, 0.6) is 0 Å². The van der Waals surface area contributed by atoms with Gasteiger partial charge in [-0.1, -0.05) is 56.4 Å². The van der Waals surface area contributed by atoms with Crippen LogP contribution >= 0.6 is 0 Å². The fraction of sp³-hybridized carbons (Fsp3) is 0.235. The maximum Gasteiger partial charge on any atom is 0.271 e. The number of hydrogen-bond acceptors (Lipinski definition) is 1. The topological polar surface area (TPSA) is 37.8 Å². The molecule has 0 bridgehead atoms. The molecule has 1 aliphatic carbocycles. The van der Waals surface area contributed by atoms with Crippen molar-refractivity contribution in [3.8, 4) is 0 Å². The number of nitrogens with one attached hydrogen (secondary N) is 1. The van der Waals surface area contributed by atoms with Crippen molar-refractivity contribution in [2.75, 3.05) is 0 Å². The highest BCUT2D eigenvalue weighted by Gasteiger charge is 2.11. The van der Waals surface area contributed by atoms with Crippen molar-refractivity contribution in [2.24, 2.45) is 5.41 Å². The molecular weight excluding hydrogens is 248 g/mol. The van der Waals surface area contributed by atoms with Crippen LogP contribution in [0.1, 0.15) is 13.8 Å². The molecule has 20 heavy (non-hydrogen) atoms. The van der Waals surface area contributed by atoms with Crippen LogP contribution < -0.4 is 5.56 Å². The zero-order valence-corrected chi connectivity index (χ0v) is 11.8. The number of hydrogen-bond donors (Lipinski definition) is 1. The van der Waals surface area contributed by atoms with Crippen LogP contribution in [-0.4, -0.2) is 9.78 Å². The van der Waals surface area contributed by atoms with E-state index < -0.39 is 0 Å². The Kier molecular flexibility index (Phi) is 2.97. The number of benzene rings is 1. The maximum atomic E-state index is 11.9. The second kappa shape index (κ2) is 4.67. The number of allylic oxidation sites excluding steroid dienone is 6. The zero-order chi connectivity index (χ0) is 14.2.